The lowest BCUT2D eigenvalue weighted by atomic mass is 9.88. The molecule has 10 nitrogen and oxygen atoms in total. The topological polar surface area (TPSA) is 137 Å². The molecule has 5 rings (SSSR count). The third-order valence-electron chi connectivity index (χ3n) is 7.36. The van der Waals surface area contributed by atoms with E-state index in [0.717, 1.165) is 16.7 Å². The van der Waals surface area contributed by atoms with Crippen molar-refractivity contribution in [1.29, 1.82) is 5.26 Å². The maximum absolute atomic E-state index is 14.5. The number of nitrogens with one attached hydrogen (secondary N) is 2. The number of carbonyl (C=O) groups excluding carboxylic acids is 2. The number of amides is 2. The van der Waals surface area contributed by atoms with E-state index in [0.29, 0.717) is 34.3 Å². The zero-order valence-electron chi connectivity index (χ0n) is 23.3. The van der Waals surface area contributed by atoms with Gasteiger partial charge in [0.25, 0.3) is 5.91 Å². The summed E-state index contributed by atoms with van der Waals surface area (Å²) in [6.45, 7) is 2.04. The average Bonchev–Trinajstić information content (AvgIpc) is 3.55. The van der Waals surface area contributed by atoms with Gasteiger partial charge in [0, 0.05) is 16.5 Å². The van der Waals surface area contributed by atoms with Crippen LogP contribution in [0.5, 0.6) is 0 Å². The van der Waals surface area contributed by atoms with E-state index in [1.54, 1.807) is 41.3 Å². The highest BCUT2D eigenvalue weighted by Gasteiger charge is 2.48. The minimum atomic E-state index is -0.900. The van der Waals surface area contributed by atoms with E-state index in [2.05, 4.69) is 32.0 Å². The number of nitrogens with zero attached hydrogens (tertiary/aromatic N) is 5. The lowest BCUT2D eigenvalue weighted by Gasteiger charge is -2.47. The first-order valence-corrected chi connectivity index (χ1v) is 14.6. The van der Waals surface area contributed by atoms with Crippen molar-refractivity contribution >= 4 is 35.0 Å². The molecule has 1 aliphatic rings. The first-order chi connectivity index (χ1) is 20.9. The summed E-state index contributed by atoms with van der Waals surface area (Å²) in [6, 6.07) is 22.2. The van der Waals surface area contributed by atoms with Crippen LogP contribution in [0.4, 0.5) is 0 Å². The quantitative estimate of drug-likeness (QED) is 0.252. The molecule has 2 amide bonds. The van der Waals surface area contributed by atoms with Crippen LogP contribution in [0.3, 0.4) is 0 Å². The summed E-state index contributed by atoms with van der Waals surface area (Å²) < 4.78 is 6.64. The number of aromatic nitrogens is 4. The van der Waals surface area contributed by atoms with Crippen molar-refractivity contribution < 1.29 is 14.3 Å². The van der Waals surface area contributed by atoms with Crippen LogP contribution in [0.15, 0.2) is 72.8 Å². The number of halogens is 2. The largest absolute Gasteiger partial charge is 0.358 e. The number of H-pyrrole nitrogens is 1. The van der Waals surface area contributed by atoms with E-state index in [4.69, 9.17) is 27.9 Å². The number of nitriles is 1. The van der Waals surface area contributed by atoms with Gasteiger partial charge in [0.1, 0.15) is 18.2 Å². The summed E-state index contributed by atoms with van der Waals surface area (Å²) in [4.78, 5) is 30.0. The Morgan fingerprint density at radius 2 is 1.70 bits per heavy atom. The maximum Gasteiger partial charge on any atom is 0.253 e. The highest BCUT2D eigenvalue weighted by atomic mass is 35.5. The second kappa shape index (κ2) is 13.8. The number of ether oxygens (including phenoxy) is 1. The van der Waals surface area contributed by atoms with Gasteiger partial charge >= 0.3 is 0 Å². The Balaban J connectivity index is 1.59. The van der Waals surface area contributed by atoms with Gasteiger partial charge in [-0.15, -0.1) is 5.10 Å². The third-order valence-corrected chi connectivity index (χ3v) is 7.87. The third kappa shape index (κ3) is 7.03. The highest BCUT2D eigenvalue weighted by Crippen LogP contribution is 2.44. The molecule has 0 unspecified atom stereocenters. The van der Waals surface area contributed by atoms with Crippen LogP contribution in [0.25, 0.3) is 0 Å². The van der Waals surface area contributed by atoms with Crippen molar-refractivity contribution in [3.8, 4) is 6.07 Å². The normalized spacial score (nSPS) is 19.1. The van der Waals surface area contributed by atoms with Crippen molar-refractivity contribution in [2.24, 2.45) is 0 Å². The van der Waals surface area contributed by atoms with Gasteiger partial charge in [-0.05, 0) is 69.9 Å². The molecule has 4 aromatic rings. The van der Waals surface area contributed by atoms with E-state index in [1.165, 1.54) is 0 Å². The number of hydrogen-bond donors (Lipinski definition) is 2. The number of carbonyl (C=O) groups is 2. The molecule has 2 heterocycles. The minimum Gasteiger partial charge on any atom is -0.358 e. The van der Waals surface area contributed by atoms with Gasteiger partial charge in [-0.3, -0.25) is 9.59 Å². The van der Waals surface area contributed by atoms with Crippen LogP contribution in [0.1, 0.15) is 60.0 Å². The fraction of sp³-hybridized carbons (Fsp3) is 0.290. The molecule has 3 aromatic carbocycles. The molecule has 1 saturated heterocycles. The number of benzene rings is 3. The molecule has 2 N–H and O–H groups in total. The van der Waals surface area contributed by atoms with Crippen molar-refractivity contribution in [1.82, 2.24) is 30.8 Å². The van der Waals surface area contributed by atoms with Crippen LogP contribution >= 0.6 is 23.2 Å². The monoisotopic (exact) mass is 617 g/mol. The second-order valence-electron chi connectivity index (χ2n) is 10.2. The highest BCUT2D eigenvalue weighted by molar-refractivity contribution is 6.30. The fourth-order valence-electron chi connectivity index (χ4n) is 5.29. The molecule has 0 bridgehead atoms. The number of aromatic amines is 1. The van der Waals surface area contributed by atoms with Gasteiger partial charge in [-0.1, -0.05) is 72.9 Å². The van der Waals surface area contributed by atoms with E-state index < -0.39 is 24.3 Å². The van der Waals surface area contributed by atoms with Crippen LogP contribution in [-0.4, -0.2) is 49.5 Å². The summed E-state index contributed by atoms with van der Waals surface area (Å²) >= 11 is 12.5. The van der Waals surface area contributed by atoms with Gasteiger partial charge in [0.05, 0.1) is 24.2 Å². The summed E-state index contributed by atoms with van der Waals surface area (Å²) in [5.74, 6) is -0.257. The van der Waals surface area contributed by atoms with Gasteiger partial charge in [0.2, 0.25) is 5.91 Å². The Morgan fingerprint density at radius 1 is 1.05 bits per heavy atom. The Morgan fingerprint density at radius 3 is 2.28 bits per heavy atom. The van der Waals surface area contributed by atoms with Gasteiger partial charge in [-0.2, -0.15) is 5.26 Å². The van der Waals surface area contributed by atoms with E-state index >= 15 is 0 Å². The number of hydrogen-bond acceptors (Lipinski definition) is 7. The smallest absolute Gasteiger partial charge is 0.253 e. The molecule has 0 radical (unpaired) electrons. The van der Waals surface area contributed by atoms with Gasteiger partial charge < -0.3 is 15.0 Å². The molecule has 0 aliphatic carbocycles. The standard InChI is InChI=1S/C31H29Cl2N7O3/c1-2-3-25(30(41)35-18-27-36-38-39-37-27)40-28(21-8-12-23(32)13-9-21)29(22-10-14-24(33)15-11-22)43-26(31(40)42)16-19-4-6-20(17-34)7-5-19/h4-15,25-26,28-29H,2-3,16,18H2,1H3,(H,35,41)(H,36,37,38,39)/t25-,26+,28-,29+/m1/s1. The first-order valence-electron chi connectivity index (χ1n) is 13.9. The lowest BCUT2D eigenvalue weighted by molar-refractivity contribution is -0.181. The molecule has 0 saturated carbocycles. The molecule has 12 heteroatoms. The van der Waals surface area contributed by atoms with Crippen molar-refractivity contribution in [2.75, 3.05) is 0 Å². The van der Waals surface area contributed by atoms with Crippen LogP contribution in [-0.2, 0) is 27.3 Å². The predicted molar refractivity (Wildman–Crippen MR) is 160 cm³/mol. The Bertz CT molecular complexity index is 1570. The molecule has 1 aliphatic heterocycles. The van der Waals surface area contributed by atoms with Crippen LogP contribution in [0, 0.1) is 11.3 Å². The molecular formula is C31H29Cl2N7O3. The molecular weight excluding hydrogens is 589 g/mol. The number of rotatable bonds is 10. The molecule has 1 aromatic heterocycles. The van der Waals surface area contributed by atoms with Gasteiger partial charge in [0.15, 0.2) is 5.82 Å². The van der Waals surface area contributed by atoms with E-state index in [-0.39, 0.29) is 24.8 Å². The molecule has 43 heavy (non-hydrogen) atoms. The Hall–Kier alpha value is -4.30. The van der Waals surface area contributed by atoms with Crippen molar-refractivity contribution in [3.63, 3.8) is 0 Å². The average molecular weight is 619 g/mol. The molecule has 4 atom stereocenters. The molecule has 220 valence electrons. The lowest BCUT2D eigenvalue weighted by Crippen LogP contribution is -2.59. The summed E-state index contributed by atoms with van der Waals surface area (Å²) in [5, 5.41) is 26.8. The summed E-state index contributed by atoms with van der Waals surface area (Å²) in [7, 11) is 0. The van der Waals surface area contributed by atoms with E-state index in [1.807, 2.05) is 43.3 Å². The SMILES string of the molecule is CCC[C@H](C(=O)NCc1nnn[nH]1)N1C(=O)[C@H](Cc2ccc(C#N)cc2)O[C@@H](c2ccc(Cl)cc2)[C@H]1c1ccc(Cl)cc1. The van der Waals surface area contributed by atoms with E-state index in [9.17, 15) is 14.9 Å². The van der Waals surface area contributed by atoms with Gasteiger partial charge in [-0.25, -0.2) is 5.10 Å². The first kappa shape index (κ1) is 30.2. The van der Waals surface area contributed by atoms with Crippen LogP contribution in [0.2, 0.25) is 10.0 Å². The summed E-state index contributed by atoms with van der Waals surface area (Å²) in [5.41, 5.74) is 2.91. The van der Waals surface area contributed by atoms with Crippen molar-refractivity contribution in [2.45, 2.75) is 57.0 Å². The Labute approximate surface area is 258 Å². The molecule has 0 spiro atoms. The van der Waals surface area contributed by atoms with Crippen LogP contribution < -0.4 is 5.32 Å². The number of tetrazole rings is 1. The minimum absolute atomic E-state index is 0.0749. The maximum atomic E-state index is 14.5. The zero-order valence-corrected chi connectivity index (χ0v) is 24.8. The predicted octanol–water partition coefficient (Wildman–Crippen LogP) is 5.12. The second-order valence-corrected chi connectivity index (χ2v) is 11.1. The zero-order chi connectivity index (χ0) is 30.3. The molecule has 1 fully saturated rings. The Kier molecular flexibility index (Phi) is 9.67. The number of morpholine rings is 1. The van der Waals surface area contributed by atoms with Crippen molar-refractivity contribution in [3.05, 3.63) is 111 Å². The summed E-state index contributed by atoms with van der Waals surface area (Å²) in [6.07, 6.45) is -0.227. The fourth-order valence-corrected chi connectivity index (χ4v) is 5.54.